The van der Waals surface area contributed by atoms with Gasteiger partial charge in [-0.25, -0.2) is 4.79 Å². The van der Waals surface area contributed by atoms with Crippen molar-refractivity contribution in [2.24, 2.45) is 11.6 Å². The monoisotopic (exact) mass is 375 g/mol. The lowest BCUT2D eigenvalue weighted by Gasteiger charge is -2.27. The fourth-order valence-corrected chi connectivity index (χ4v) is 3.16. The maximum atomic E-state index is 12.0. The topological polar surface area (TPSA) is 108 Å². The summed E-state index contributed by atoms with van der Waals surface area (Å²) in [7, 11) is 0. The lowest BCUT2D eigenvalue weighted by Crippen LogP contribution is -2.41. The average Bonchev–Trinajstić information content (AvgIpc) is 2.95. The lowest BCUT2D eigenvalue weighted by molar-refractivity contribution is -0.146. The third-order valence-corrected chi connectivity index (χ3v) is 4.70. The van der Waals surface area contributed by atoms with E-state index in [2.05, 4.69) is 4.84 Å². The van der Waals surface area contributed by atoms with Crippen molar-refractivity contribution >= 4 is 12.1 Å². The molecule has 0 spiro atoms. The quantitative estimate of drug-likeness (QED) is 0.431. The Hall–Kier alpha value is -2.38. The maximum absolute atomic E-state index is 12.0. The van der Waals surface area contributed by atoms with Crippen LogP contribution in [0.2, 0.25) is 0 Å². The van der Waals surface area contributed by atoms with Gasteiger partial charge in [-0.2, -0.15) is 5.90 Å². The van der Waals surface area contributed by atoms with Gasteiger partial charge in [0, 0.05) is 12.6 Å². The van der Waals surface area contributed by atoms with Crippen LogP contribution in [0, 0.1) is 0 Å². The summed E-state index contributed by atoms with van der Waals surface area (Å²) < 4.78 is 5.24. The minimum atomic E-state index is -0.704. The molecule has 27 heavy (non-hydrogen) atoms. The summed E-state index contributed by atoms with van der Waals surface area (Å²) in [6, 6.07) is 8.83. The van der Waals surface area contributed by atoms with Crippen LogP contribution in [0.3, 0.4) is 0 Å². The highest BCUT2D eigenvalue weighted by Crippen LogP contribution is 2.20. The van der Waals surface area contributed by atoms with Crippen molar-refractivity contribution in [2.75, 3.05) is 6.54 Å². The highest BCUT2D eigenvalue weighted by Gasteiger charge is 2.25. The minimum absolute atomic E-state index is 0.0565. The molecule has 1 heterocycles. The number of carbonyl (C=O) groups is 2. The molecule has 1 aromatic rings. The van der Waals surface area contributed by atoms with Crippen LogP contribution in [-0.4, -0.2) is 35.6 Å². The van der Waals surface area contributed by atoms with Crippen molar-refractivity contribution in [3.63, 3.8) is 0 Å². The van der Waals surface area contributed by atoms with Gasteiger partial charge in [0.2, 0.25) is 0 Å². The van der Waals surface area contributed by atoms with E-state index in [4.69, 9.17) is 16.4 Å². The second-order valence-electron chi connectivity index (χ2n) is 6.72. The molecule has 148 valence electrons. The number of hydrogen-bond acceptors (Lipinski definition) is 6. The third kappa shape index (κ3) is 7.03. The van der Waals surface area contributed by atoms with Crippen LogP contribution < -0.4 is 11.6 Å². The minimum Gasteiger partial charge on any atom is -0.460 e. The number of esters is 1. The van der Waals surface area contributed by atoms with Crippen molar-refractivity contribution in [3.8, 4) is 0 Å². The Bertz CT molecular complexity index is 621. The van der Waals surface area contributed by atoms with Gasteiger partial charge in [-0.3, -0.25) is 4.79 Å². The molecule has 1 aliphatic heterocycles. The predicted molar refractivity (Wildman–Crippen MR) is 102 cm³/mol. The van der Waals surface area contributed by atoms with Gasteiger partial charge < -0.3 is 20.2 Å². The number of benzene rings is 1. The first-order valence-electron chi connectivity index (χ1n) is 9.40. The second-order valence-corrected chi connectivity index (χ2v) is 6.72. The number of likely N-dealkylation sites (tertiary alicyclic amines) is 1. The molecule has 7 nitrogen and oxygen atoms in total. The fourth-order valence-electron chi connectivity index (χ4n) is 3.16. The molecule has 1 unspecified atom stereocenters. The van der Waals surface area contributed by atoms with Gasteiger partial charge in [0.25, 0.3) is 0 Å². The van der Waals surface area contributed by atoms with E-state index in [9.17, 15) is 9.59 Å². The Labute approximate surface area is 160 Å². The molecule has 0 saturated carbocycles. The molecule has 1 aliphatic rings. The van der Waals surface area contributed by atoms with Gasteiger partial charge in [-0.1, -0.05) is 55.3 Å². The smallest absolute Gasteiger partial charge is 0.428 e. The van der Waals surface area contributed by atoms with Crippen molar-refractivity contribution in [3.05, 3.63) is 48.0 Å². The molecule has 7 heteroatoms. The van der Waals surface area contributed by atoms with Crippen LogP contribution in [0.5, 0.6) is 0 Å². The zero-order valence-corrected chi connectivity index (χ0v) is 15.6. The molecule has 0 aliphatic carbocycles. The summed E-state index contributed by atoms with van der Waals surface area (Å²) in [4.78, 5) is 29.9. The number of hydrogen-bond donors (Lipinski definition) is 2. The van der Waals surface area contributed by atoms with Gasteiger partial charge in [0.1, 0.15) is 12.6 Å². The van der Waals surface area contributed by atoms with E-state index in [-0.39, 0.29) is 12.6 Å². The predicted octanol–water partition coefficient (Wildman–Crippen LogP) is 2.65. The van der Waals surface area contributed by atoms with Crippen LogP contribution in [0.25, 0.3) is 0 Å². The number of nitrogens with zero attached hydrogens (tertiary/aromatic N) is 1. The maximum Gasteiger partial charge on any atom is 0.428 e. The molecular formula is C20H29N3O4. The normalized spacial score (nSPS) is 18.7. The van der Waals surface area contributed by atoms with Crippen molar-refractivity contribution < 1.29 is 19.2 Å². The van der Waals surface area contributed by atoms with Crippen molar-refractivity contribution in [2.45, 2.75) is 57.2 Å². The van der Waals surface area contributed by atoms with Gasteiger partial charge >= 0.3 is 12.1 Å². The first-order valence-corrected chi connectivity index (χ1v) is 9.40. The van der Waals surface area contributed by atoms with Crippen molar-refractivity contribution in [1.82, 2.24) is 4.90 Å². The van der Waals surface area contributed by atoms with Crippen LogP contribution in [-0.2, 0) is 21.0 Å². The zero-order valence-electron chi connectivity index (χ0n) is 15.6. The first-order chi connectivity index (χ1) is 13.1. The average molecular weight is 375 g/mol. The molecule has 1 aromatic carbocycles. The number of rotatable bonds is 7. The molecule has 0 bridgehead atoms. The van der Waals surface area contributed by atoms with Crippen LogP contribution >= 0.6 is 0 Å². The first kappa shape index (κ1) is 20.9. The highest BCUT2D eigenvalue weighted by atomic mass is 16.7. The molecule has 1 amide bonds. The number of carbonyl (C=O) groups excluding carboxylic acids is 2. The molecule has 2 atom stereocenters. The van der Waals surface area contributed by atoms with E-state index in [0.29, 0.717) is 19.4 Å². The van der Waals surface area contributed by atoms with Gasteiger partial charge in [-0.15, -0.1) is 0 Å². The lowest BCUT2D eigenvalue weighted by atomic mass is 10.1. The molecule has 2 rings (SSSR count). The van der Waals surface area contributed by atoms with E-state index in [1.165, 1.54) is 0 Å². The van der Waals surface area contributed by atoms with E-state index in [1.54, 1.807) is 4.90 Å². The molecule has 4 N–H and O–H groups in total. The molecule has 1 saturated heterocycles. The summed E-state index contributed by atoms with van der Waals surface area (Å²) in [5, 5.41) is 0. The molecule has 0 radical (unpaired) electrons. The van der Waals surface area contributed by atoms with E-state index in [1.807, 2.05) is 42.5 Å². The van der Waals surface area contributed by atoms with E-state index in [0.717, 1.165) is 31.2 Å². The highest BCUT2D eigenvalue weighted by molar-refractivity contribution is 5.75. The van der Waals surface area contributed by atoms with Crippen LogP contribution in [0.1, 0.15) is 44.1 Å². The van der Waals surface area contributed by atoms with E-state index < -0.39 is 18.1 Å². The zero-order chi connectivity index (χ0) is 19.5. The van der Waals surface area contributed by atoms with Crippen LogP contribution in [0.4, 0.5) is 4.79 Å². The SMILES string of the molecule is NOC(=O)N1CCCCC[C@@H]1C/C=C/CC(N)C(=O)OCc1ccccc1. The summed E-state index contributed by atoms with van der Waals surface area (Å²) in [5.74, 6) is 4.61. The molecule has 1 fully saturated rings. The van der Waals surface area contributed by atoms with E-state index >= 15 is 0 Å². The molecule has 0 aromatic heterocycles. The Morgan fingerprint density at radius 3 is 2.70 bits per heavy atom. The Morgan fingerprint density at radius 2 is 1.96 bits per heavy atom. The van der Waals surface area contributed by atoms with Gasteiger partial charge in [0.15, 0.2) is 0 Å². The summed E-state index contributed by atoms with van der Waals surface area (Å²) in [6.07, 6.45) is 8.42. The Kier molecular flexibility index (Phi) is 8.80. The van der Waals surface area contributed by atoms with Crippen LogP contribution in [0.15, 0.2) is 42.5 Å². The second kappa shape index (κ2) is 11.4. The third-order valence-electron chi connectivity index (χ3n) is 4.70. The summed E-state index contributed by atoms with van der Waals surface area (Å²) >= 11 is 0. The Morgan fingerprint density at radius 1 is 1.19 bits per heavy atom. The fraction of sp³-hybridized carbons (Fsp3) is 0.500. The standard InChI is InChI=1S/C20H29N3O4/c21-18(19(24)26-15-16-9-3-1-4-10-16)13-7-6-12-17-11-5-2-8-14-23(17)20(25)27-22/h1,3-4,6-7,9-10,17-18H,2,5,8,11-15,21-22H2/b7-6+/t17-,18?/m1/s1. The summed E-state index contributed by atoms with van der Waals surface area (Å²) in [5.41, 5.74) is 6.82. The van der Waals surface area contributed by atoms with Crippen molar-refractivity contribution in [1.29, 1.82) is 0 Å². The number of ether oxygens (including phenoxy) is 1. The molecular weight excluding hydrogens is 346 g/mol. The van der Waals surface area contributed by atoms with Gasteiger partial charge in [0.05, 0.1) is 0 Å². The summed E-state index contributed by atoms with van der Waals surface area (Å²) in [6.45, 7) is 0.870. The number of nitrogens with two attached hydrogens (primary N) is 2. The number of amides is 1. The van der Waals surface area contributed by atoms with Gasteiger partial charge in [-0.05, 0) is 31.2 Å². The Balaban J connectivity index is 1.76. The largest absolute Gasteiger partial charge is 0.460 e.